The van der Waals surface area contributed by atoms with Gasteiger partial charge in [0.1, 0.15) is 0 Å². The van der Waals surface area contributed by atoms with Crippen LogP contribution in [0.5, 0.6) is 0 Å². The van der Waals surface area contributed by atoms with E-state index in [9.17, 15) is 0 Å². The molecule has 0 saturated carbocycles. The summed E-state index contributed by atoms with van der Waals surface area (Å²) in [5.74, 6) is 0. The maximum absolute atomic E-state index is 6.13. The second kappa shape index (κ2) is 4.95. The van der Waals surface area contributed by atoms with E-state index in [1.54, 1.807) is 30.3 Å². The van der Waals surface area contributed by atoms with Gasteiger partial charge in [-0.1, -0.05) is 52.5 Å². The van der Waals surface area contributed by atoms with Crippen LogP contribution in [0.2, 0.25) is 20.1 Å². The fraction of sp³-hybridized carbons (Fsp3) is 0. The van der Waals surface area contributed by atoms with Crippen LogP contribution in [-0.4, -0.2) is 0 Å². The van der Waals surface area contributed by atoms with Crippen molar-refractivity contribution in [2.75, 3.05) is 5.73 Å². The van der Waals surface area contributed by atoms with Crippen molar-refractivity contribution in [2.24, 2.45) is 0 Å². The second-order valence-corrected chi connectivity index (χ2v) is 5.11. The number of nitrogens with two attached hydrogens (primary N) is 1. The summed E-state index contributed by atoms with van der Waals surface area (Å²) in [4.78, 5) is 0. The first-order valence-electron chi connectivity index (χ1n) is 4.69. The number of benzene rings is 2. The maximum Gasteiger partial charge on any atom is 0.0515 e. The third-order valence-electron chi connectivity index (χ3n) is 2.30. The van der Waals surface area contributed by atoms with Crippen molar-refractivity contribution in [1.29, 1.82) is 0 Å². The molecule has 0 aliphatic carbocycles. The molecule has 2 aromatic rings. The smallest absolute Gasteiger partial charge is 0.0515 e. The summed E-state index contributed by atoms with van der Waals surface area (Å²) in [6.45, 7) is 0. The fourth-order valence-corrected chi connectivity index (χ4v) is 2.87. The molecule has 0 aliphatic heterocycles. The molecule has 0 unspecified atom stereocenters. The van der Waals surface area contributed by atoms with Crippen LogP contribution in [-0.2, 0) is 0 Å². The minimum Gasteiger partial charge on any atom is -0.398 e. The van der Waals surface area contributed by atoms with Crippen LogP contribution in [0.4, 0.5) is 5.69 Å². The van der Waals surface area contributed by atoms with Crippen molar-refractivity contribution in [3.8, 4) is 11.1 Å². The zero-order chi connectivity index (χ0) is 12.6. The molecule has 0 atom stereocenters. The minimum atomic E-state index is 0.419. The molecule has 2 N–H and O–H groups in total. The van der Waals surface area contributed by atoms with E-state index in [1.165, 1.54) is 0 Å². The molecule has 0 bridgehead atoms. The lowest BCUT2D eigenvalue weighted by atomic mass is 10.0. The third-order valence-corrected chi connectivity index (χ3v) is 3.43. The summed E-state index contributed by atoms with van der Waals surface area (Å²) in [5, 5.41) is 1.80. The van der Waals surface area contributed by atoms with Crippen molar-refractivity contribution in [1.82, 2.24) is 0 Å². The Balaban J connectivity index is 2.77. The number of hydrogen-bond acceptors (Lipinski definition) is 1. The molecule has 0 radical (unpaired) electrons. The lowest BCUT2D eigenvalue weighted by molar-refractivity contribution is 1.60. The van der Waals surface area contributed by atoms with Gasteiger partial charge in [-0.25, -0.2) is 0 Å². The summed E-state index contributed by atoms with van der Waals surface area (Å²) in [6.07, 6.45) is 0. The van der Waals surface area contributed by atoms with Gasteiger partial charge in [-0.05, 0) is 24.3 Å². The Morgan fingerprint density at radius 3 is 1.88 bits per heavy atom. The largest absolute Gasteiger partial charge is 0.398 e. The zero-order valence-electron chi connectivity index (χ0n) is 8.48. The van der Waals surface area contributed by atoms with Crippen LogP contribution >= 0.6 is 46.4 Å². The third kappa shape index (κ3) is 2.48. The molecule has 0 fully saturated rings. The van der Waals surface area contributed by atoms with Gasteiger partial charge in [0.2, 0.25) is 0 Å². The Hall–Kier alpha value is -0.600. The number of hydrogen-bond donors (Lipinski definition) is 1. The van der Waals surface area contributed by atoms with Crippen molar-refractivity contribution in [2.45, 2.75) is 0 Å². The van der Waals surface area contributed by atoms with E-state index in [4.69, 9.17) is 52.1 Å². The van der Waals surface area contributed by atoms with Gasteiger partial charge in [0, 0.05) is 21.8 Å². The molecule has 5 heteroatoms. The number of halogens is 4. The topological polar surface area (TPSA) is 26.0 Å². The van der Waals surface area contributed by atoms with E-state index in [1.807, 2.05) is 0 Å². The van der Waals surface area contributed by atoms with Crippen LogP contribution in [0.3, 0.4) is 0 Å². The normalized spacial score (nSPS) is 10.6. The molecule has 0 spiro atoms. The zero-order valence-corrected chi connectivity index (χ0v) is 11.5. The van der Waals surface area contributed by atoms with Crippen molar-refractivity contribution < 1.29 is 0 Å². The molecule has 88 valence electrons. The summed E-state index contributed by atoms with van der Waals surface area (Å²) in [7, 11) is 0. The Morgan fingerprint density at radius 2 is 1.35 bits per heavy atom. The SMILES string of the molecule is Nc1cccc(Cl)c1-c1c(Cl)cc(Cl)cc1Cl. The van der Waals surface area contributed by atoms with Crippen molar-refractivity contribution >= 4 is 52.1 Å². The van der Waals surface area contributed by atoms with Crippen LogP contribution in [0, 0.1) is 0 Å². The first kappa shape index (κ1) is 12.8. The van der Waals surface area contributed by atoms with E-state index in [0.29, 0.717) is 36.9 Å². The van der Waals surface area contributed by atoms with Crippen LogP contribution in [0.1, 0.15) is 0 Å². The van der Waals surface area contributed by atoms with Gasteiger partial charge in [0.25, 0.3) is 0 Å². The molecule has 0 aromatic heterocycles. The highest BCUT2D eigenvalue weighted by Gasteiger charge is 2.15. The lowest BCUT2D eigenvalue weighted by Crippen LogP contribution is -1.92. The van der Waals surface area contributed by atoms with Crippen LogP contribution < -0.4 is 5.73 Å². The Morgan fingerprint density at radius 1 is 0.765 bits per heavy atom. The summed E-state index contributed by atoms with van der Waals surface area (Å²) < 4.78 is 0. The van der Waals surface area contributed by atoms with Crippen LogP contribution in [0.25, 0.3) is 11.1 Å². The summed E-state index contributed by atoms with van der Waals surface area (Å²) in [6, 6.07) is 8.44. The fourth-order valence-electron chi connectivity index (χ4n) is 1.59. The molecule has 0 saturated heterocycles. The number of nitrogen functional groups attached to an aromatic ring is 1. The van der Waals surface area contributed by atoms with E-state index in [-0.39, 0.29) is 0 Å². The van der Waals surface area contributed by atoms with Gasteiger partial charge in [-0.3, -0.25) is 0 Å². The molecule has 2 aromatic carbocycles. The highest BCUT2D eigenvalue weighted by atomic mass is 35.5. The standard InChI is InChI=1S/C12H7Cl4N/c13-6-4-8(15)11(9(16)5-6)12-7(14)2-1-3-10(12)17/h1-5H,17H2. The molecule has 0 heterocycles. The predicted octanol–water partition coefficient (Wildman–Crippen LogP) is 5.55. The summed E-state index contributed by atoms with van der Waals surface area (Å²) in [5.41, 5.74) is 7.64. The van der Waals surface area contributed by atoms with Gasteiger partial charge in [0.05, 0.1) is 15.1 Å². The monoisotopic (exact) mass is 305 g/mol. The van der Waals surface area contributed by atoms with Gasteiger partial charge >= 0.3 is 0 Å². The minimum absolute atomic E-state index is 0.419. The van der Waals surface area contributed by atoms with E-state index in [2.05, 4.69) is 0 Å². The number of anilines is 1. The summed E-state index contributed by atoms with van der Waals surface area (Å²) >= 11 is 24.2. The molecular formula is C12H7Cl4N. The molecule has 0 amide bonds. The Bertz CT molecular complexity index is 537. The molecule has 0 aliphatic rings. The number of rotatable bonds is 1. The highest BCUT2D eigenvalue weighted by molar-refractivity contribution is 6.43. The first-order chi connectivity index (χ1) is 8.00. The average Bonchev–Trinajstić information content (AvgIpc) is 2.21. The molecule has 2 rings (SSSR count). The predicted molar refractivity (Wildman–Crippen MR) is 76.3 cm³/mol. The quantitative estimate of drug-likeness (QED) is 0.687. The first-order valence-corrected chi connectivity index (χ1v) is 6.21. The molecule has 17 heavy (non-hydrogen) atoms. The van der Waals surface area contributed by atoms with Gasteiger partial charge in [-0.2, -0.15) is 0 Å². The van der Waals surface area contributed by atoms with Gasteiger partial charge in [-0.15, -0.1) is 0 Å². The van der Waals surface area contributed by atoms with Gasteiger partial charge in [0.15, 0.2) is 0 Å². The van der Waals surface area contributed by atoms with Gasteiger partial charge < -0.3 is 5.73 Å². The van der Waals surface area contributed by atoms with E-state index < -0.39 is 0 Å². The van der Waals surface area contributed by atoms with E-state index in [0.717, 1.165) is 0 Å². The van der Waals surface area contributed by atoms with Crippen molar-refractivity contribution in [3.63, 3.8) is 0 Å². The Labute approximate surface area is 119 Å². The van der Waals surface area contributed by atoms with E-state index >= 15 is 0 Å². The average molecular weight is 307 g/mol. The van der Waals surface area contributed by atoms with Crippen LogP contribution in [0.15, 0.2) is 30.3 Å². The highest BCUT2D eigenvalue weighted by Crippen LogP contribution is 2.42. The maximum atomic E-state index is 6.13. The van der Waals surface area contributed by atoms with Crippen molar-refractivity contribution in [3.05, 3.63) is 50.4 Å². The second-order valence-electron chi connectivity index (χ2n) is 3.45. The Kier molecular flexibility index (Phi) is 3.74. The molecule has 1 nitrogen and oxygen atoms in total. The lowest BCUT2D eigenvalue weighted by Gasteiger charge is -2.12. The molecular weight excluding hydrogens is 300 g/mol.